The highest BCUT2D eigenvalue weighted by atomic mass is 16.5. The highest BCUT2D eigenvalue weighted by molar-refractivity contribution is 6.06. The standard InChI is InChI=1S/C19H18O4/c1-4-12-7-5-6-8-13(12)17-11-15-14(19(20)22-3)9-10-16(21-2)18(15)23-17/h5-11H,4H2,1-3H3. The maximum absolute atomic E-state index is 12.0. The van der Waals surface area contributed by atoms with Crippen LogP contribution in [0.2, 0.25) is 0 Å². The van der Waals surface area contributed by atoms with E-state index in [1.165, 1.54) is 12.7 Å². The average Bonchev–Trinajstić information content (AvgIpc) is 3.05. The predicted molar refractivity (Wildman–Crippen MR) is 88.9 cm³/mol. The van der Waals surface area contributed by atoms with Crippen LogP contribution in [0.1, 0.15) is 22.8 Å². The van der Waals surface area contributed by atoms with E-state index in [-0.39, 0.29) is 0 Å². The maximum atomic E-state index is 12.0. The molecule has 1 heterocycles. The summed E-state index contributed by atoms with van der Waals surface area (Å²) in [6.45, 7) is 2.10. The van der Waals surface area contributed by atoms with Crippen LogP contribution in [-0.4, -0.2) is 20.2 Å². The molecule has 118 valence electrons. The molecule has 0 spiro atoms. The van der Waals surface area contributed by atoms with Crippen molar-refractivity contribution in [2.75, 3.05) is 14.2 Å². The van der Waals surface area contributed by atoms with Crippen LogP contribution in [-0.2, 0) is 11.2 Å². The highest BCUT2D eigenvalue weighted by Gasteiger charge is 2.19. The van der Waals surface area contributed by atoms with Gasteiger partial charge < -0.3 is 13.9 Å². The number of hydrogen-bond acceptors (Lipinski definition) is 4. The molecule has 23 heavy (non-hydrogen) atoms. The molecule has 0 atom stereocenters. The fraction of sp³-hybridized carbons (Fsp3) is 0.211. The largest absolute Gasteiger partial charge is 0.493 e. The molecule has 0 aliphatic carbocycles. The topological polar surface area (TPSA) is 48.7 Å². The third-order valence-electron chi connectivity index (χ3n) is 3.94. The lowest BCUT2D eigenvalue weighted by molar-refractivity contribution is 0.0603. The quantitative estimate of drug-likeness (QED) is 0.668. The Morgan fingerprint density at radius 1 is 1.13 bits per heavy atom. The Balaban J connectivity index is 2.27. The Morgan fingerprint density at radius 3 is 2.61 bits per heavy atom. The first kappa shape index (κ1) is 15.2. The summed E-state index contributed by atoms with van der Waals surface area (Å²) in [6, 6.07) is 13.3. The summed E-state index contributed by atoms with van der Waals surface area (Å²) in [6.07, 6.45) is 0.897. The minimum atomic E-state index is -0.395. The van der Waals surface area contributed by atoms with Crippen molar-refractivity contribution in [3.05, 3.63) is 53.6 Å². The van der Waals surface area contributed by atoms with Gasteiger partial charge in [0, 0.05) is 10.9 Å². The van der Waals surface area contributed by atoms with Gasteiger partial charge in [-0.3, -0.25) is 0 Å². The van der Waals surface area contributed by atoms with Gasteiger partial charge in [-0.15, -0.1) is 0 Å². The summed E-state index contributed by atoms with van der Waals surface area (Å²) in [4.78, 5) is 12.0. The van der Waals surface area contributed by atoms with Crippen molar-refractivity contribution in [3.8, 4) is 17.1 Å². The van der Waals surface area contributed by atoms with Crippen LogP contribution in [0.15, 0.2) is 46.9 Å². The first-order valence-corrected chi connectivity index (χ1v) is 7.46. The van der Waals surface area contributed by atoms with E-state index in [9.17, 15) is 4.79 Å². The zero-order chi connectivity index (χ0) is 16.4. The fourth-order valence-corrected chi connectivity index (χ4v) is 2.75. The van der Waals surface area contributed by atoms with Gasteiger partial charge in [-0.2, -0.15) is 0 Å². The minimum Gasteiger partial charge on any atom is -0.493 e. The van der Waals surface area contributed by atoms with Crippen molar-refractivity contribution < 1.29 is 18.7 Å². The number of methoxy groups -OCH3 is 2. The molecule has 0 aliphatic heterocycles. The first-order chi connectivity index (χ1) is 11.2. The van der Waals surface area contributed by atoms with Crippen molar-refractivity contribution in [1.29, 1.82) is 0 Å². The van der Waals surface area contributed by atoms with E-state index in [1.807, 2.05) is 24.3 Å². The van der Waals surface area contributed by atoms with Crippen LogP contribution in [0.4, 0.5) is 0 Å². The van der Waals surface area contributed by atoms with Crippen molar-refractivity contribution in [2.24, 2.45) is 0 Å². The second kappa shape index (κ2) is 6.16. The van der Waals surface area contributed by atoms with Gasteiger partial charge in [-0.05, 0) is 30.2 Å². The molecule has 0 N–H and O–H groups in total. The van der Waals surface area contributed by atoms with Gasteiger partial charge in [-0.1, -0.05) is 31.2 Å². The molecule has 1 aromatic heterocycles. The smallest absolute Gasteiger partial charge is 0.338 e. The Bertz CT molecular complexity index is 861. The Labute approximate surface area is 134 Å². The van der Waals surface area contributed by atoms with Gasteiger partial charge in [0.1, 0.15) is 5.76 Å². The second-order valence-electron chi connectivity index (χ2n) is 5.17. The first-order valence-electron chi connectivity index (χ1n) is 7.46. The van der Waals surface area contributed by atoms with E-state index < -0.39 is 5.97 Å². The fourth-order valence-electron chi connectivity index (χ4n) is 2.75. The van der Waals surface area contributed by atoms with Gasteiger partial charge in [0.15, 0.2) is 11.3 Å². The van der Waals surface area contributed by atoms with Crippen molar-refractivity contribution in [1.82, 2.24) is 0 Å². The molecule has 0 bridgehead atoms. The SMILES string of the molecule is CCc1ccccc1-c1cc2c(C(=O)OC)ccc(OC)c2o1. The number of hydrogen-bond donors (Lipinski definition) is 0. The summed E-state index contributed by atoms with van der Waals surface area (Å²) in [5.74, 6) is 0.911. The molecule has 0 saturated carbocycles. The lowest BCUT2D eigenvalue weighted by Crippen LogP contribution is -2.01. The molecular weight excluding hydrogens is 292 g/mol. The Hall–Kier alpha value is -2.75. The average molecular weight is 310 g/mol. The van der Waals surface area contributed by atoms with E-state index in [0.29, 0.717) is 28.0 Å². The summed E-state index contributed by atoms with van der Waals surface area (Å²) in [5, 5.41) is 0.692. The minimum absolute atomic E-state index is 0.395. The molecule has 3 rings (SSSR count). The Morgan fingerprint density at radius 2 is 1.91 bits per heavy atom. The van der Waals surface area contributed by atoms with E-state index in [4.69, 9.17) is 13.9 Å². The molecule has 4 heteroatoms. The lowest BCUT2D eigenvalue weighted by Gasteiger charge is -2.04. The molecule has 4 nitrogen and oxygen atoms in total. The molecular formula is C19H18O4. The number of carbonyl (C=O) groups is 1. The summed E-state index contributed by atoms with van der Waals surface area (Å²) in [7, 11) is 2.94. The number of aryl methyl sites for hydroxylation is 1. The van der Waals surface area contributed by atoms with E-state index in [2.05, 4.69) is 13.0 Å². The van der Waals surface area contributed by atoms with Gasteiger partial charge in [0.05, 0.1) is 19.8 Å². The van der Waals surface area contributed by atoms with Gasteiger partial charge in [0.25, 0.3) is 0 Å². The molecule has 3 aromatic rings. The third kappa shape index (κ3) is 2.57. The molecule has 0 unspecified atom stereocenters. The zero-order valence-electron chi connectivity index (χ0n) is 13.4. The second-order valence-corrected chi connectivity index (χ2v) is 5.17. The van der Waals surface area contributed by atoms with Crippen molar-refractivity contribution >= 4 is 16.9 Å². The van der Waals surface area contributed by atoms with Gasteiger partial charge in [-0.25, -0.2) is 4.79 Å². The molecule has 0 radical (unpaired) electrons. The van der Waals surface area contributed by atoms with Crippen molar-refractivity contribution in [2.45, 2.75) is 13.3 Å². The van der Waals surface area contributed by atoms with Gasteiger partial charge in [0.2, 0.25) is 0 Å². The number of carbonyl (C=O) groups excluding carboxylic acids is 1. The van der Waals surface area contributed by atoms with Gasteiger partial charge >= 0.3 is 5.97 Å². The molecule has 0 aliphatic rings. The van der Waals surface area contributed by atoms with Crippen LogP contribution in [0.3, 0.4) is 0 Å². The van der Waals surface area contributed by atoms with E-state index in [0.717, 1.165) is 12.0 Å². The maximum Gasteiger partial charge on any atom is 0.338 e. The molecule has 0 amide bonds. The number of ether oxygens (including phenoxy) is 2. The summed E-state index contributed by atoms with van der Waals surface area (Å²) >= 11 is 0. The molecule has 0 fully saturated rings. The Kier molecular flexibility index (Phi) is 4.06. The third-order valence-corrected chi connectivity index (χ3v) is 3.94. The molecule has 2 aromatic carbocycles. The molecule has 0 saturated heterocycles. The number of rotatable bonds is 4. The van der Waals surface area contributed by atoms with Crippen LogP contribution in [0.5, 0.6) is 5.75 Å². The number of esters is 1. The van der Waals surface area contributed by atoms with Crippen LogP contribution >= 0.6 is 0 Å². The summed E-state index contributed by atoms with van der Waals surface area (Å²) in [5.41, 5.74) is 3.22. The number of furan rings is 1. The highest BCUT2D eigenvalue weighted by Crippen LogP contribution is 2.36. The van der Waals surface area contributed by atoms with E-state index >= 15 is 0 Å². The monoisotopic (exact) mass is 310 g/mol. The summed E-state index contributed by atoms with van der Waals surface area (Å²) < 4.78 is 16.2. The number of fused-ring (bicyclic) bond motifs is 1. The van der Waals surface area contributed by atoms with Crippen molar-refractivity contribution in [3.63, 3.8) is 0 Å². The zero-order valence-corrected chi connectivity index (χ0v) is 13.4. The lowest BCUT2D eigenvalue weighted by atomic mass is 10.0. The number of benzene rings is 2. The van der Waals surface area contributed by atoms with E-state index in [1.54, 1.807) is 19.2 Å². The van der Waals surface area contributed by atoms with Crippen LogP contribution in [0, 0.1) is 0 Å². The van der Waals surface area contributed by atoms with Crippen LogP contribution in [0.25, 0.3) is 22.3 Å². The van der Waals surface area contributed by atoms with Crippen LogP contribution < -0.4 is 4.74 Å². The predicted octanol–water partition coefficient (Wildman–Crippen LogP) is 4.46. The normalized spacial score (nSPS) is 10.7.